The molecule has 2 rings (SSSR count). The molecule has 4 nitrogen and oxygen atoms in total. The second-order valence-electron chi connectivity index (χ2n) is 4.90. The minimum absolute atomic E-state index is 0.355. The molecular formula is C15H23NO3S. The van der Waals surface area contributed by atoms with E-state index in [0.717, 1.165) is 42.4 Å². The van der Waals surface area contributed by atoms with Crippen LogP contribution in [0.15, 0.2) is 17.0 Å². The van der Waals surface area contributed by atoms with Gasteiger partial charge in [0.1, 0.15) is 11.5 Å². The monoisotopic (exact) mass is 297 g/mol. The van der Waals surface area contributed by atoms with Gasteiger partial charge in [0, 0.05) is 32.3 Å². The normalized spacial score (nSPS) is 19.3. The number of ether oxygens (including phenoxy) is 3. The molecule has 0 N–H and O–H groups in total. The first-order chi connectivity index (χ1) is 9.71. The molecule has 0 saturated carbocycles. The van der Waals surface area contributed by atoms with Crippen molar-refractivity contribution in [2.75, 3.05) is 40.7 Å². The molecule has 1 aliphatic heterocycles. The lowest BCUT2D eigenvalue weighted by Crippen LogP contribution is -2.22. The topological polar surface area (TPSA) is 30.9 Å². The van der Waals surface area contributed by atoms with Gasteiger partial charge >= 0.3 is 0 Å². The summed E-state index contributed by atoms with van der Waals surface area (Å²) in [4.78, 5) is 3.49. The molecule has 1 atom stereocenters. The Morgan fingerprint density at radius 2 is 1.95 bits per heavy atom. The smallest absolute Gasteiger partial charge is 0.132 e. The van der Waals surface area contributed by atoms with Gasteiger partial charge in [0.05, 0.1) is 25.2 Å². The van der Waals surface area contributed by atoms with Gasteiger partial charge in [-0.15, -0.1) is 11.8 Å². The lowest BCUT2D eigenvalue weighted by molar-refractivity contribution is 0.107. The van der Waals surface area contributed by atoms with Crippen molar-refractivity contribution in [3.8, 4) is 11.5 Å². The van der Waals surface area contributed by atoms with Crippen LogP contribution >= 0.6 is 11.8 Å². The molecule has 0 aromatic heterocycles. The van der Waals surface area contributed by atoms with E-state index in [2.05, 4.69) is 17.0 Å². The predicted molar refractivity (Wildman–Crippen MR) is 82.0 cm³/mol. The number of nitrogens with zero attached hydrogens (tertiary/aromatic N) is 1. The van der Waals surface area contributed by atoms with Crippen LogP contribution in [0.25, 0.3) is 0 Å². The summed E-state index contributed by atoms with van der Waals surface area (Å²) in [5, 5.41) is 0. The van der Waals surface area contributed by atoms with Crippen molar-refractivity contribution in [1.29, 1.82) is 0 Å². The van der Waals surface area contributed by atoms with Crippen LogP contribution in [0.3, 0.4) is 0 Å². The second kappa shape index (κ2) is 7.20. The van der Waals surface area contributed by atoms with Crippen LogP contribution in [-0.2, 0) is 11.3 Å². The number of likely N-dealkylation sites (tertiary alicyclic amines) is 1. The summed E-state index contributed by atoms with van der Waals surface area (Å²) in [5.74, 6) is 1.84. The quantitative estimate of drug-likeness (QED) is 0.753. The zero-order valence-electron chi connectivity index (χ0n) is 12.6. The predicted octanol–water partition coefficient (Wildman–Crippen LogP) is 2.65. The standard InChI is InChI=1S/C15H23NO3S/c1-17-12-5-6-16(10-12)9-11-7-14(19-3)15(20-4)8-13(11)18-2/h7-8,12H,5-6,9-10H2,1-4H3/t12-/m1/s1. The van der Waals surface area contributed by atoms with E-state index >= 15 is 0 Å². The third kappa shape index (κ3) is 3.40. The van der Waals surface area contributed by atoms with E-state index in [1.165, 1.54) is 5.56 Å². The molecule has 0 spiro atoms. The third-order valence-corrected chi connectivity index (χ3v) is 4.50. The van der Waals surface area contributed by atoms with E-state index in [-0.39, 0.29) is 0 Å². The fourth-order valence-corrected chi connectivity index (χ4v) is 3.16. The first kappa shape index (κ1) is 15.5. The molecule has 0 amide bonds. The largest absolute Gasteiger partial charge is 0.496 e. The third-order valence-electron chi connectivity index (χ3n) is 3.74. The van der Waals surface area contributed by atoms with E-state index in [4.69, 9.17) is 14.2 Å². The molecule has 1 aromatic carbocycles. The molecule has 112 valence electrons. The Morgan fingerprint density at radius 1 is 1.20 bits per heavy atom. The maximum atomic E-state index is 5.52. The molecule has 1 aliphatic rings. The Labute approximate surface area is 125 Å². The number of thioether (sulfide) groups is 1. The summed E-state index contributed by atoms with van der Waals surface area (Å²) in [5.41, 5.74) is 1.17. The summed E-state index contributed by atoms with van der Waals surface area (Å²) < 4.78 is 16.4. The molecule has 5 heteroatoms. The SMILES string of the molecule is COc1cc(SC)c(OC)cc1CN1CC[C@@H](OC)C1. The maximum Gasteiger partial charge on any atom is 0.132 e. The lowest BCUT2D eigenvalue weighted by atomic mass is 10.1. The Hall–Kier alpha value is -0.910. The molecule has 1 saturated heterocycles. The molecular weight excluding hydrogens is 274 g/mol. The first-order valence-corrected chi connectivity index (χ1v) is 7.98. The number of methoxy groups -OCH3 is 3. The molecule has 0 aliphatic carbocycles. The van der Waals surface area contributed by atoms with E-state index in [1.807, 2.05) is 6.26 Å². The van der Waals surface area contributed by atoms with E-state index in [1.54, 1.807) is 33.1 Å². The first-order valence-electron chi connectivity index (χ1n) is 6.75. The fourth-order valence-electron chi connectivity index (χ4n) is 2.59. The highest BCUT2D eigenvalue weighted by Crippen LogP contribution is 2.35. The zero-order valence-corrected chi connectivity index (χ0v) is 13.5. The summed E-state index contributed by atoms with van der Waals surface area (Å²) in [7, 11) is 5.21. The van der Waals surface area contributed by atoms with Gasteiger partial charge in [-0.1, -0.05) is 0 Å². The van der Waals surface area contributed by atoms with Gasteiger partial charge in [-0.25, -0.2) is 0 Å². The lowest BCUT2D eigenvalue weighted by Gasteiger charge is -2.19. The Kier molecular flexibility index (Phi) is 5.57. The van der Waals surface area contributed by atoms with Crippen molar-refractivity contribution in [3.05, 3.63) is 17.7 Å². The van der Waals surface area contributed by atoms with E-state index in [9.17, 15) is 0 Å². The van der Waals surface area contributed by atoms with Gasteiger partial charge in [0.15, 0.2) is 0 Å². The minimum atomic E-state index is 0.355. The highest BCUT2D eigenvalue weighted by atomic mass is 32.2. The van der Waals surface area contributed by atoms with Gasteiger partial charge in [-0.05, 0) is 24.8 Å². The average molecular weight is 297 g/mol. The molecule has 0 bridgehead atoms. The van der Waals surface area contributed by atoms with Crippen LogP contribution in [0, 0.1) is 0 Å². The number of benzene rings is 1. The van der Waals surface area contributed by atoms with Gasteiger partial charge in [0.2, 0.25) is 0 Å². The molecule has 20 heavy (non-hydrogen) atoms. The average Bonchev–Trinajstić information content (AvgIpc) is 2.94. The van der Waals surface area contributed by atoms with Gasteiger partial charge in [-0.2, -0.15) is 0 Å². The fraction of sp³-hybridized carbons (Fsp3) is 0.600. The molecule has 0 radical (unpaired) electrons. The molecule has 1 fully saturated rings. The van der Waals surface area contributed by atoms with Crippen LogP contribution < -0.4 is 9.47 Å². The van der Waals surface area contributed by atoms with Gasteiger partial charge in [0.25, 0.3) is 0 Å². The Balaban J connectivity index is 2.18. The zero-order chi connectivity index (χ0) is 14.5. The van der Waals surface area contributed by atoms with Gasteiger partial charge in [-0.3, -0.25) is 4.90 Å². The van der Waals surface area contributed by atoms with Crippen LogP contribution in [0.1, 0.15) is 12.0 Å². The minimum Gasteiger partial charge on any atom is -0.496 e. The van der Waals surface area contributed by atoms with Crippen molar-refractivity contribution in [3.63, 3.8) is 0 Å². The summed E-state index contributed by atoms with van der Waals surface area (Å²) in [6, 6.07) is 4.15. The Bertz CT molecular complexity index is 453. The van der Waals surface area contributed by atoms with Crippen LogP contribution in [0.2, 0.25) is 0 Å². The molecule has 1 aromatic rings. The summed E-state index contributed by atoms with van der Waals surface area (Å²) >= 11 is 1.67. The van der Waals surface area contributed by atoms with Crippen LogP contribution in [0.4, 0.5) is 0 Å². The number of hydrogen-bond acceptors (Lipinski definition) is 5. The summed E-state index contributed by atoms with van der Waals surface area (Å²) in [6.45, 7) is 2.91. The van der Waals surface area contributed by atoms with E-state index < -0.39 is 0 Å². The van der Waals surface area contributed by atoms with Crippen molar-refractivity contribution in [2.45, 2.75) is 24.0 Å². The summed E-state index contributed by atoms with van der Waals surface area (Å²) in [6.07, 6.45) is 3.49. The highest BCUT2D eigenvalue weighted by Gasteiger charge is 2.23. The van der Waals surface area contributed by atoms with Crippen molar-refractivity contribution in [1.82, 2.24) is 4.90 Å². The van der Waals surface area contributed by atoms with Crippen molar-refractivity contribution in [2.24, 2.45) is 0 Å². The van der Waals surface area contributed by atoms with E-state index in [0.29, 0.717) is 6.10 Å². The molecule has 1 heterocycles. The second-order valence-corrected chi connectivity index (χ2v) is 5.75. The maximum absolute atomic E-state index is 5.52. The number of rotatable bonds is 6. The Morgan fingerprint density at radius 3 is 2.50 bits per heavy atom. The molecule has 0 unspecified atom stereocenters. The van der Waals surface area contributed by atoms with Gasteiger partial charge < -0.3 is 14.2 Å². The highest BCUT2D eigenvalue weighted by molar-refractivity contribution is 7.98. The van der Waals surface area contributed by atoms with Crippen LogP contribution in [0.5, 0.6) is 11.5 Å². The number of hydrogen-bond donors (Lipinski definition) is 0. The van der Waals surface area contributed by atoms with Crippen molar-refractivity contribution < 1.29 is 14.2 Å². The van der Waals surface area contributed by atoms with Crippen molar-refractivity contribution >= 4 is 11.8 Å². The van der Waals surface area contributed by atoms with Crippen LogP contribution in [-0.4, -0.2) is 51.7 Å².